The van der Waals surface area contributed by atoms with Gasteiger partial charge in [-0.1, -0.05) is 6.07 Å². The number of nitriles is 1. The molecule has 1 aliphatic heterocycles. The lowest BCUT2D eigenvalue weighted by atomic mass is 9.82. The second-order valence-corrected chi connectivity index (χ2v) is 12.0. The summed E-state index contributed by atoms with van der Waals surface area (Å²) in [6, 6.07) is 11.4. The zero-order valence-corrected chi connectivity index (χ0v) is 25.7. The normalized spacial score (nSPS) is 21.6. The molecular weight excluding hydrogens is 530 g/mol. The molecule has 0 aromatic carbocycles. The number of anilines is 1. The van der Waals surface area contributed by atoms with E-state index in [4.69, 9.17) is 24.2 Å². The van der Waals surface area contributed by atoms with Crippen LogP contribution in [0.4, 0.5) is 5.82 Å². The Kier molecular flexibility index (Phi) is 11.7. The molecule has 0 unspecified atom stereocenters. The maximum absolute atomic E-state index is 11.8. The largest absolute Gasteiger partial charge is 0.464 e. The number of pyridine rings is 2. The van der Waals surface area contributed by atoms with Gasteiger partial charge in [0.2, 0.25) is 0 Å². The molecule has 3 heterocycles. The van der Waals surface area contributed by atoms with Crippen LogP contribution in [0, 0.1) is 29.6 Å². The van der Waals surface area contributed by atoms with Crippen LogP contribution in [0.1, 0.15) is 70.6 Å². The number of hydrogen-bond acceptors (Lipinski definition) is 9. The van der Waals surface area contributed by atoms with Gasteiger partial charge >= 0.3 is 5.97 Å². The smallest absolute Gasteiger partial charge is 0.334 e. The van der Waals surface area contributed by atoms with Crippen LogP contribution >= 0.6 is 0 Å². The molecule has 2 aliphatic rings. The molecular formula is C33H47N5O4. The molecule has 228 valence electrons. The number of nitrogens with one attached hydrogen (secondary N) is 2. The molecule has 2 aromatic rings. The van der Waals surface area contributed by atoms with Crippen molar-refractivity contribution < 1.29 is 19.0 Å². The lowest BCUT2D eigenvalue weighted by Crippen LogP contribution is -2.42. The SMILES string of the molecule is CCOC(=O)[C@H](C)OC[C@H](C)NC1CCC(Cc2cc(-c3cccc(NCC4(C#N)CCOCC4)n3)c(C)cn2)CC1. The molecule has 1 aliphatic carbocycles. The molecule has 1 saturated carbocycles. The van der Waals surface area contributed by atoms with Crippen LogP contribution in [0.25, 0.3) is 11.3 Å². The van der Waals surface area contributed by atoms with Crippen molar-refractivity contribution in [2.24, 2.45) is 11.3 Å². The van der Waals surface area contributed by atoms with Crippen molar-refractivity contribution in [3.05, 3.63) is 41.7 Å². The van der Waals surface area contributed by atoms with Crippen molar-refractivity contribution >= 4 is 11.8 Å². The van der Waals surface area contributed by atoms with Crippen LogP contribution in [-0.2, 0) is 25.4 Å². The molecule has 0 spiro atoms. The zero-order valence-electron chi connectivity index (χ0n) is 25.7. The van der Waals surface area contributed by atoms with Crippen molar-refractivity contribution in [3.8, 4) is 17.3 Å². The molecule has 9 heteroatoms. The lowest BCUT2D eigenvalue weighted by Gasteiger charge is -2.31. The first kappa shape index (κ1) is 31.9. The van der Waals surface area contributed by atoms with Gasteiger partial charge in [-0.3, -0.25) is 4.98 Å². The number of ether oxygens (including phenoxy) is 3. The number of carbonyl (C=O) groups is 1. The topological polar surface area (TPSA) is 118 Å². The standard InChI is InChI=1S/C33H47N5O4/c1-5-41-32(39)25(4)42-20-24(3)37-27-11-9-26(10-12-27)17-28-18-29(23(2)19-35-28)30-7-6-8-31(38-30)36-22-33(21-34)13-15-40-16-14-33/h6-8,18-19,24-27,37H,5,9-17,20,22H2,1-4H3,(H,36,38)/t24-,25-,26?,27?/m0/s1. The van der Waals surface area contributed by atoms with Crippen molar-refractivity contribution in [1.82, 2.24) is 15.3 Å². The lowest BCUT2D eigenvalue weighted by molar-refractivity contribution is -0.155. The van der Waals surface area contributed by atoms with Gasteiger partial charge in [-0.05, 0) is 102 Å². The van der Waals surface area contributed by atoms with E-state index in [1.165, 1.54) is 0 Å². The van der Waals surface area contributed by atoms with E-state index in [0.717, 1.165) is 73.3 Å². The third-order valence-electron chi connectivity index (χ3n) is 8.56. The highest BCUT2D eigenvalue weighted by Gasteiger charge is 2.32. The summed E-state index contributed by atoms with van der Waals surface area (Å²) in [4.78, 5) is 21.4. The summed E-state index contributed by atoms with van der Waals surface area (Å²) in [7, 11) is 0. The Labute approximate surface area is 250 Å². The number of aromatic nitrogens is 2. The van der Waals surface area contributed by atoms with Gasteiger partial charge in [0, 0.05) is 49.3 Å². The Bertz CT molecular complexity index is 1200. The van der Waals surface area contributed by atoms with Gasteiger partial charge in [0.1, 0.15) is 5.82 Å². The van der Waals surface area contributed by atoms with Crippen LogP contribution in [0.2, 0.25) is 0 Å². The number of esters is 1. The zero-order chi connectivity index (χ0) is 30.0. The second kappa shape index (κ2) is 15.4. The Morgan fingerprint density at radius 2 is 1.98 bits per heavy atom. The molecule has 0 bridgehead atoms. The minimum Gasteiger partial charge on any atom is -0.464 e. The molecule has 0 amide bonds. The van der Waals surface area contributed by atoms with Gasteiger partial charge in [0.05, 0.1) is 30.4 Å². The summed E-state index contributed by atoms with van der Waals surface area (Å²) >= 11 is 0. The van der Waals surface area contributed by atoms with Crippen molar-refractivity contribution in [2.45, 2.75) is 90.8 Å². The van der Waals surface area contributed by atoms with Crippen molar-refractivity contribution in [3.63, 3.8) is 0 Å². The van der Waals surface area contributed by atoms with Crippen LogP contribution in [0.15, 0.2) is 30.5 Å². The fourth-order valence-electron chi connectivity index (χ4n) is 5.88. The first-order valence-corrected chi connectivity index (χ1v) is 15.5. The fraction of sp³-hybridized carbons (Fsp3) is 0.636. The molecule has 2 fully saturated rings. The van der Waals surface area contributed by atoms with E-state index in [9.17, 15) is 10.1 Å². The average molecular weight is 578 g/mol. The minimum atomic E-state index is -0.543. The number of rotatable bonds is 13. The third-order valence-corrected chi connectivity index (χ3v) is 8.56. The molecule has 9 nitrogen and oxygen atoms in total. The summed E-state index contributed by atoms with van der Waals surface area (Å²) in [5.41, 5.74) is 3.82. The first-order chi connectivity index (χ1) is 20.3. The Morgan fingerprint density at radius 3 is 2.69 bits per heavy atom. The molecule has 2 aromatic heterocycles. The van der Waals surface area contributed by atoms with E-state index in [-0.39, 0.29) is 12.0 Å². The number of carbonyl (C=O) groups excluding carboxylic acids is 1. The molecule has 0 radical (unpaired) electrons. The predicted molar refractivity (Wildman–Crippen MR) is 163 cm³/mol. The quantitative estimate of drug-likeness (QED) is 0.308. The first-order valence-electron chi connectivity index (χ1n) is 15.5. The van der Waals surface area contributed by atoms with E-state index >= 15 is 0 Å². The van der Waals surface area contributed by atoms with Crippen LogP contribution < -0.4 is 10.6 Å². The summed E-state index contributed by atoms with van der Waals surface area (Å²) in [5, 5.41) is 16.9. The van der Waals surface area contributed by atoms with Gasteiger partial charge in [0.15, 0.2) is 6.10 Å². The van der Waals surface area contributed by atoms with E-state index in [0.29, 0.717) is 44.9 Å². The monoisotopic (exact) mass is 577 g/mol. The summed E-state index contributed by atoms with van der Waals surface area (Å²) in [6.07, 6.45) is 8.40. The predicted octanol–water partition coefficient (Wildman–Crippen LogP) is 5.23. The summed E-state index contributed by atoms with van der Waals surface area (Å²) in [6.45, 7) is 10.4. The minimum absolute atomic E-state index is 0.171. The van der Waals surface area contributed by atoms with Gasteiger partial charge in [0.25, 0.3) is 0 Å². The van der Waals surface area contributed by atoms with Crippen LogP contribution in [-0.4, -0.2) is 67.1 Å². The summed E-state index contributed by atoms with van der Waals surface area (Å²) < 4.78 is 16.2. The van der Waals surface area contributed by atoms with Gasteiger partial charge in [-0.2, -0.15) is 5.26 Å². The van der Waals surface area contributed by atoms with E-state index < -0.39 is 11.5 Å². The van der Waals surface area contributed by atoms with Crippen molar-refractivity contribution in [2.75, 3.05) is 38.3 Å². The fourth-order valence-corrected chi connectivity index (χ4v) is 5.88. The highest BCUT2D eigenvalue weighted by Crippen LogP contribution is 2.31. The molecule has 2 N–H and O–H groups in total. The van der Waals surface area contributed by atoms with Crippen LogP contribution in [0.5, 0.6) is 0 Å². The molecule has 1 saturated heterocycles. The highest BCUT2D eigenvalue weighted by atomic mass is 16.6. The maximum Gasteiger partial charge on any atom is 0.334 e. The molecule has 2 atom stereocenters. The number of aryl methyl sites for hydroxylation is 1. The number of nitrogens with zero attached hydrogens (tertiary/aromatic N) is 3. The van der Waals surface area contributed by atoms with Gasteiger partial charge < -0.3 is 24.8 Å². The maximum atomic E-state index is 11.8. The van der Waals surface area contributed by atoms with E-state index in [1.54, 1.807) is 13.8 Å². The number of hydrogen-bond donors (Lipinski definition) is 2. The Hall–Kier alpha value is -3.06. The van der Waals surface area contributed by atoms with Crippen molar-refractivity contribution in [1.29, 1.82) is 5.26 Å². The van der Waals surface area contributed by atoms with Gasteiger partial charge in [-0.15, -0.1) is 0 Å². The third kappa shape index (κ3) is 8.97. The highest BCUT2D eigenvalue weighted by molar-refractivity contribution is 5.74. The van der Waals surface area contributed by atoms with Crippen LogP contribution in [0.3, 0.4) is 0 Å². The van der Waals surface area contributed by atoms with E-state index in [2.05, 4.69) is 36.6 Å². The second-order valence-electron chi connectivity index (χ2n) is 12.0. The Balaban J connectivity index is 1.28. The van der Waals surface area contributed by atoms with E-state index in [1.807, 2.05) is 24.4 Å². The summed E-state index contributed by atoms with van der Waals surface area (Å²) in [5.74, 6) is 1.08. The average Bonchev–Trinajstić information content (AvgIpc) is 3.01. The molecule has 42 heavy (non-hydrogen) atoms. The Morgan fingerprint density at radius 1 is 1.21 bits per heavy atom. The molecule has 4 rings (SSSR count). The van der Waals surface area contributed by atoms with Gasteiger partial charge in [-0.25, -0.2) is 9.78 Å².